The van der Waals surface area contributed by atoms with Crippen LogP contribution in [0.1, 0.15) is 26.3 Å². The normalized spacial score (nSPS) is 14.6. The second-order valence-corrected chi connectivity index (χ2v) is 6.97. The van der Waals surface area contributed by atoms with Crippen molar-refractivity contribution in [3.63, 3.8) is 0 Å². The van der Waals surface area contributed by atoms with E-state index in [1.54, 1.807) is 0 Å². The second kappa shape index (κ2) is 4.70. The first-order valence-corrected chi connectivity index (χ1v) is 6.57. The van der Waals surface area contributed by atoms with Gasteiger partial charge in [-0.2, -0.15) is 0 Å². The van der Waals surface area contributed by atoms with Gasteiger partial charge in [-0.05, 0) is 12.2 Å². The van der Waals surface area contributed by atoms with Crippen LogP contribution in [0.4, 0.5) is 0 Å². The zero-order valence-corrected chi connectivity index (χ0v) is 10.3. The molecule has 14 heavy (non-hydrogen) atoms. The van der Waals surface area contributed by atoms with Crippen molar-refractivity contribution in [2.75, 3.05) is 6.66 Å². The average molecular weight is 207 g/mol. The molecule has 0 aliphatic carbocycles. The van der Waals surface area contributed by atoms with Gasteiger partial charge in [-0.15, -0.1) is 0 Å². The second-order valence-electron chi connectivity index (χ2n) is 4.35. The molecular weight excluding hydrogens is 189 g/mol. The number of nitrogens with zero attached hydrogens (tertiary/aromatic N) is 1. The van der Waals surface area contributed by atoms with Gasteiger partial charge in [-0.1, -0.05) is 51.1 Å². The van der Waals surface area contributed by atoms with E-state index in [0.717, 1.165) is 0 Å². The van der Waals surface area contributed by atoms with Gasteiger partial charge in [-0.3, -0.25) is 4.76 Å². The lowest BCUT2D eigenvalue weighted by molar-refractivity contribution is 0.785. The van der Waals surface area contributed by atoms with Crippen molar-refractivity contribution in [1.82, 2.24) is 0 Å². The highest BCUT2D eigenvalue weighted by Crippen LogP contribution is 2.46. The maximum absolute atomic E-state index is 4.61. The Morgan fingerprint density at radius 2 is 1.71 bits per heavy atom. The van der Waals surface area contributed by atoms with E-state index in [9.17, 15) is 0 Å². The van der Waals surface area contributed by atoms with Crippen LogP contribution in [0.5, 0.6) is 0 Å². The number of rotatable bonds is 2. The highest BCUT2D eigenvalue weighted by atomic mass is 31.1. The summed E-state index contributed by atoms with van der Waals surface area (Å²) >= 11 is 0. The minimum absolute atomic E-state index is 0.276. The summed E-state index contributed by atoms with van der Waals surface area (Å²) in [6.45, 7) is 8.93. The Balaban J connectivity index is 2.66. The quantitative estimate of drug-likeness (QED) is 0.514. The van der Waals surface area contributed by atoms with Crippen molar-refractivity contribution in [2.24, 2.45) is 4.76 Å². The van der Waals surface area contributed by atoms with Crippen molar-refractivity contribution in [2.45, 2.75) is 25.9 Å². The Morgan fingerprint density at radius 3 is 2.21 bits per heavy atom. The van der Waals surface area contributed by atoms with Crippen molar-refractivity contribution in [3.8, 4) is 0 Å². The lowest BCUT2D eigenvalue weighted by Crippen LogP contribution is -2.08. The van der Waals surface area contributed by atoms with Crippen LogP contribution in [0.15, 0.2) is 35.1 Å². The highest BCUT2D eigenvalue weighted by molar-refractivity contribution is 7.57. The predicted octanol–water partition coefficient (Wildman–Crippen LogP) is 3.93. The summed E-state index contributed by atoms with van der Waals surface area (Å²) in [4.78, 5) is 0. The van der Waals surface area contributed by atoms with E-state index in [1.165, 1.54) is 5.56 Å². The lowest BCUT2D eigenvalue weighted by atomic mass is 10.2. The summed E-state index contributed by atoms with van der Waals surface area (Å²) in [5, 5.41) is 0.306. The molecule has 76 valence electrons. The van der Waals surface area contributed by atoms with Crippen molar-refractivity contribution in [1.29, 1.82) is 0 Å². The van der Waals surface area contributed by atoms with E-state index in [1.807, 2.05) is 24.4 Å². The first-order chi connectivity index (χ1) is 6.50. The summed E-state index contributed by atoms with van der Waals surface area (Å²) < 4.78 is 4.61. The first-order valence-electron chi connectivity index (χ1n) is 4.83. The van der Waals surface area contributed by atoms with E-state index in [-0.39, 0.29) is 8.07 Å². The van der Waals surface area contributed by atoms with Crippen LogP contribution in [-0.4, -0.2) is 18.0 Å². The molecule has 0 N–H and O–H groups in total. The van der Waals surface area contributed by atoms with E-state index in [4.69, 9.17) is 0 Å². The summed E-state index contributed by atoms with van der Waals surface area (Å²) in [7, 11) is -0.276. The Bertz CT molecular complexity index is 298. The van der Waals surface area contributed by atoms with Gasteiger partial charge < -0.3 is 0 Å². The molecule has 0 aromatic heterocycles. The van der Waals surface area contributed by atoms with Crippen LogP contribution in [-0.2, 0) is 0 Å². The molecule has 0 aliphatic heterocycles. The van der Waals surface area contributed by atoms with Gasteiger partial charge >= 0.3 is 0 Å². The van der Waals surface area contributed by atoms with E-state index in [0.29, 0.717) is 5.16 Å². The van der Waals surface area contributed by atoms with E-state index in [2.05, 4.69) is 44.3 Å². The fourth-order valence-corrected chi connectivity index (χ4v) is 1.52. The third-order valence-electron chi connectivity index (χ3n) is 2.15. The molecule has 1 rings (SSSR count). The molecule has 0 saturated heterocycles. The maximum Gasteiger partial charge on any atom is 0.0329 e. The molecule has 2 heteroatoms. The number of hydrogen-bond acceptors (Lipinski definition) is 1. The van der Waals surface area contributed by atoms with Crippen molar-refractivity contribution in [3.05, 3.63) is 35.9 Å². The molecular formula is C12H18NP. The maximum atomic E-state index is 4.61. The zero-order valence-electron chi connectivity index (χ0n) is 9.36. The van der Waals surface area contributed by atoms with Crippen LogP contribution < -0.4 is 0 Å². The minimum atomic E-state index is -0.276. The highest BCUT2D eigenvalue weighted by Gasteiger charge is 2.17. The van der Waals surface area contributed by atoms with Gasteiger partial charge in [0.05, 0.1) is 0 Å². The Hall–Kier alpha value is -0.680. The molecule has 0 bridgehead atoms. The SMILES string of the molecule is CP(/N=C/c1ccccc1)C(C)(C)C. The molecule has 1 nitrogen and oxygen atoms in total. The summed E-state index contributed by atoms with van der Waals surface area (Å²) in [5.74, 6) is 0. The van der Waals surface area contributed by atoms with Gasteiger partial charge in [0.25, 0.3) is 0 Å². The first kappa shape index (κ1) is 11.4. The van der Waals surface area contributed by atoms with Gasteiger partial charge in [0.1, 0.15) is 0 Å². The van der Waals surface area contributed by atoms with Gasteiger partial charge in [-0.25, -0.2) is 0 Å². The summed E-state index contributed by atoms with van der Waals surface area (Å²) in [6, 6.07) is 10.3. The monoisotopic (exact) mass is 207 g/mol. The van der Waals surface area contributed by atoms with Crippen LogP contribution in [0.3, 0.4) is 0 Å². The fraction of sp³-hybridized carbons (Fsp3) is 0.417. The Kier molecular flexibility index (Phi) is 3.83. The van der Waals surface area contributed by atoms with E-state index >= 15 is 0 Å². The summed E-state index contributed by atoms with van der Waals surface area (Å²) in [5.41, 5.74) is 1.19. The third-order valence-corrected chi connectivity index (χ3v) is 4.55. The molecule has 1 aromatic rings. The molecule has 0 amide bonds. The van der Waals surface area contributed by atoms with Crippen LogP contribution in [0.25, 0.3) is 0 Å². The Morgan fingerprint density at radius 1 is 1.14 bits per heavy atom. The van der Waals surface area contributed by atoms with Gasteiger partial charge in [0.2, 0.25) is 0 Å². The molecule has 0 aliphatic rings. The number of benzene rings is 1. The third kappa shape index (κ3) is 3.59. The lowest BCUT2D eigenvalue weighted by Gasteiger charge is -2.23. The average Bonchev–Trinajstić information content (AvgIpc) is 2.14. The smallest absolute Gasteiger partial charge is 0.0329 e. The van der Waals surface area contributed by atoms with E-state index < -0.39 is 0 Å². The topological polar surface area (TPSA) is 12.4 Å². The molecule has 1 unspecified atom stereocenters. The van der Waals surface area contributed by atoms with Crippen LogP contribution in [0.2, 0.25) is 0 Å². The summed E-state index contributed by atoms with van der Waals surface area (Å²) in [6.07, 6.45) is 1.98. The minimum Gasteiger partial charge on any atom is -0.269 e. The molecule has 0 heterocycles. The fourth-order valence-electron chi connectivity index (χ4n) is 0.866. The van der Waals surface area contributed by atoms with Crippen LogP contribution >= 0.6 is 8.07 Å². The largest absolute Gasteiger partial charge is 0.269 e. The predicted molar refractivity (Wildman–Crippen MR) is 66.6 cm³/mol. The Labute approximate surface area is 88.1 Å². The van der Waals surface area contributed by atoms with Crippen LogP contribution in [0, 0.1) is 0 Å². The molecule has 0 fully saturated rings. The number of hydrogen-bond donors (Lipinski definition) is 0. The molecule has 0 radical (unpaired) electrons. The molecule has 1 aromatic carbocycles. The molecule has 0 saturated carbocycles. The van der Waals surface area contributed by atoms with Crippen molar-refractivity contribution >= 4 is 14.3 Å². The van der Waals surface area contributed by atoms with Gasteiger partial charge in [0.15, 0.2) is 0 Å². The molecule has 0 spiro atoms. The zero-order chi connectivity index (χ0) is 10.6. The van der Waals surface area contributed by atoms with Gasteiger partial charge in [0, 0.05) is 19.4 Å². The molecule has 1 atom stereocenters. The standard InChI is InChI=1S/C12H18NP/c1-12(2,3)14(4)13-10-11-8-6-5-7-9-11/h5-10H,1-4H3/b13-10+. The van der Waals surface area contributed by atoms with Crippen molar-refractivity contribution < 1.29 is 0 Å².